The zero-order valence-electron chi connectivity index (χ0n) is 18.4. The summed E-state index contributed by atoms with van der Waals surface area (Å²) in [5, 5.41) is 1.95. The van der Waals surface area contributed by atoms with E-state index < -0.39 is 62.8 Å². The van der Waals surface area contributed by atoms with Crippen molar-refractivity contribution < 1.29 is 44.6 Å². The third-order valence-corrected chi connectivity index (χ3v) is 6.94. The fraction of sp³-hybridized carbons (Fsp3) is 0.429. The van der Waals surface area contributed by atoms with Crippen LogP contribution in [0.4, 0.5) is 27.6 Å². The number of amides is 1. The second-order valence-corrected chi connectivity index (χ2v) is 10.0. The molecule has 1 N–H and O–H groups in total. The van der Waals surface area contributed by atoms with Gasteiger partial charge in [0, 0.05) is 35.5 Å². The number of carbonyl (C=O) groups excluding carboxylic acids is 1. The monoisotopic (exact) mass is 508 g/mol. The summed E-state index contributed by atoms with van der Waals surface area (Å²) in [5.41, 5.74) is -3.06. The molecule has 186 valence electrons. The summed E-state index contributed by atoms with van der Waals surface area (Å²) in [6.45, 7) is 1.94. The third kappa shape index (κ3) is 4.45. The van der Waals surface area contributed by atoms with Crippen LogP contribution in [0.15, 0.2) is 35.5 Å². The number of benzene rings is 1. The lowest BCUT2D eigenvalue weighted by atomic mass is 9.77. The quantitative estimate of drug-likeness (QED) is 0.617. The smallest absolute Gasteiger partial charge is 0.417 e. The topological polar surface area (TPSA) is 94.6 Å². The second-order valence-electron chi connectivity index (χ2n) is 8.09. The Morgan fingerprint density at radius 1 is 1.24 bits per heavy atom. The molecule has 0 unspecified atom stereocenters. The Morgan fingerprint density at radius 3 is 2.44 bits per heavy atom. The molecule has 1 fully saturated rings. The van der Waals surface area contributed by atoms with E-state index in [4.69, 9.17) is 9.47 Å². The minimum absolute atomic E-state index is 0.0618. The number of rotatable bonds is 5. The van der Waals surface area contributed by atoms with Crippen LogP contribution in [-0.4, -0.2) is 50.6 Å². The average molecular weight is 508 g/mol. The van der Waals surface area contributed by atoms with Crippen LogP contribution in [0.1, 0.15) is 25.3 Å². The van der Waals surface area contributed by atoms with Gasteiger partial charge in [-0.15, -0.1) is 0 Å². The number of nitrogens with zero attached hydrogens (tertiary/aromatic N) is 1. The molecule has 3 rings (SSSR count). The van der Waals surface area contributed by atoms with E-state index in [0.717, 1.165) is 44.7 Å². The van der Waals surface area contributed by atoms with Crippen molar-refractivity contribution in [1.82, 2.24) is 4.98 Å². The molecule has 1 aliphatic rings. The number of alkyl halides is 3. The predicted molar refractivity (Wildman–Crippen MR) is 110 cm³/mol. The van der Waals surface area contributed by atoms with Gasteiger partial charge in [0.1, 0.15) is 6.10 Å². The molecule has 2 heterocycles. The minimum Gasteiger partial charge on any atom is -0.493 e. The number of aromatic nitrogens is 1. The van der Waals surface area contributed by atoms with Gasteiger partial charge < -0.3 is 14.8 Å². The third-order valence-electron chi connectivity index (χ3n) is 5.95. The van der Waals surface area contributed by atoms with Gasteiger partial charge in [-0.25, -0.2) is 17.8 Å². The molecule has 0 radical (unpaired) electrons. The lowest BCUT2D eigenvalue weighted by Crippen LogP contribution is -2.47. The van der Waals surface area contributed by atoms with E-state index in [0.29, 0.717) is 0 Å². The number of sulfone groups is 1. The van der Waals surface area contributed by atoms with Crippen LogP contribution in [0.2, 0.25) is 0 Å². The van der Waals surface area contributed by atoms with Crippen LogP contribution in [0.5, 0.6) is 5.75 Å². The van der Waals surface area contributed by atoms with Crippen LogP contribution in [-0.2, 0) is 19.4 Å². The molecule has 1 aliphatic heterocycles. The van der Waals surface area contributed by atoms with Gasteiger partial charge in [0.05, 0.1) is 7.11 Å². The number of hydrogen-bond donors (Lipinski definition) is 1. The van der Waals surface area contributed by atoms with Gasteiger partial charge in [0.25, 0.3) is 5.91 Å². The number of hydrogen-bond acceptors (Lipinski definition) is 6. The molecule has 0 spiro atoms. The van der Waals surface area contributed by atoms with Crippen molar-refractivity contribution in [2.24, 2.45) is 5.92 Å². The van der Waals surface area contributed by atoms with Crippen LogP contribution in [0, 0.1) is 17.6 Å². The Labute approximate surface area is 192 Å². The molecule has 2 aromatic rings. The first kappa shape index (κ1) is 25.8. The molecule has 0 saturated carbocycles. The summed E-state index contributed by atoms with van der Waals surface area (Å²) in [6.07, 6.45) is -4.73. The molecule has 1 aromatic heterocycles. The second kappa shape index (κ2) is 8.77. The van der Waals surface area contributed by atoms with Gasteiger partial charge in [-0.1, -0.05) is 13.0 Å². The highest BCUT2D eigenvalue weighted by Gasteiger charge is 2.65. The number of carbonyl (C=O) groups is 1. The molecule has 0 aliphatic carbocycles. The minimum atomic E-state index is -4.91. The Hall–Kier alpha value is -2.80. The first-order valence-corrected chi connectivity index (χ1v) is 11.7. The van der Waals surface area contributed by atoms with Crippen molar-refractivity contribution >= 4 is 21.4 Å². The lowest BCUT2D eigenvalue weighted by molar-refractivity contribution is -0.272. The summed E-state index contributed by atoms with van der Waals surface area (Å²) in [5.74, 6) is -7.22. The fourth-order valence-electron chi connectivity index (χ4n) is 3.94. The molecule has 13 heteroatoms. The number of ether oxygens (including phenoxy) is 2. The van der Waals surface area contributed by atoms with Gasteiger partial charge >= 0.3 is 6.18 Å². The molecule has 0 bridgehead atoms. The lowest BCUT2D eigenvalue weighted by Gasteiger charge is -2.32. The maximum absolute atomic E-state index is 14.4. The Balaban J connectivity index is 2.08. The maximum atomic E-state index is 14.4. The van der Waals surface area contributed by atoms with E-state index >= 15 is 0 Å². The first-order valence-electron chi connectivity index (χ1n) is 9.85. The highest BCUT2D eigenvalue weighted by atomic mass is 32.2. The van der Waals surface area contributed by atoms with Crippen molar-refractivity contribution in [3.8, 4) is 5.75 Å². The van der Waals surface area contributed by atoms with Crippen LogP contribution < -0.4 is 10.1 Å². The summed E-state index contributed by atoms with van der Waals surface area (Å²) in [7, 11) is -2.72. The van der Waals surface area contributed by atoms with Gasteiger partial charge in [0.15, 0.2) is 32.0 Å². The van der Waals surface area contributed by atoms with Crippen molar-refractivity contribution in [3.63, 3.8) is 0 Å². The van der Waals surface area contributed by atoms with Crippen molar-refractivity contribution in [1.29, 1.82) is 0 Å². The molecule has 1 aromatic carbocycles. The van der Waals surface area contributed by atoms with Crippen LogP contribution in [0.3, 0.4) is 0 Å². The molecule has 1 saturated heterocycles. The molecule has 4 atom stereocenters. The molecular weight excluding hydrogens is 487 g/mol. The number of pyridine rings is 1. The standard InChI is InChI=1S/C21H21F5N2O5S/c1-10-15(12-5-6-13(22)16(23)17(12)32-3)18(33-20(10,2)21(24,25)26)19(29)28-11-7-8-27-14(9-11)34(4,30)31/h5-10,15,18H,1-4H3,(H,27,28,29)/t10-,15-,18+,20+/m1/s1. The van der Waals surface area contributed by atoms with Crippen molar-refractivity contribution in [3.05, 3.63) is 47.7 Å². The first-order chi connectivity index (χ1) is 15.6. The van der Waals surface area contributed by atoms with Crippen molar-refractivity contribution in [2.75, 3.05) is 18.7 Å². The maximum Gasteiger partial charge on any atom is 0.417 e. The number of anilines is 1. The van der Waals surface area contributed by atoms with E-state index in [9.17, 15) is 35.2 Å². The molecule has 7 nitrogen and oxygen atoms in total. The molecule has 1 amide bonds. The average Bonchev–Trinajstić information content (AvgIpc) is 3.01. The van der Waals surface area contributed by atoms with E-state index in [1.54, 1.807) is 0 Å². The van der Waals surface area contributed by atoms with Gasteiger partial charge in [0.2, 0.25) is 5.82 Å². The summed E-state index contributed by atoms with van der Waals surface area (Å²) >= 11 is 0. The molecular formula is C21H21F5N2O5S. The number of nitrogens with one attached hydrogen (secondary N) is 1. The zero-order valence-corrected chi connectivity index (χ0v) is 19.2. The predicted octanol–water partition coefficient (Wildman–Crippen LogP) is 3.85. The zero-order chi connectivity index (χ0) is 25.6. The highest BCUT2D eigenvalue weighted by molar-refractivity contribution is 7.90. The van der Waals surface area contributed by atoms with Gasteiger partial charge in [-0.3, -0.25) is 4.79 Å². The highest BCUT2D eigenvalue weighted by Crippen LogP contribution is 2.55. The van der Waals surface area contributed by atoms with E-state index in [1.165, 1.54) is 13.0 Å². The summed E-state index contributed by atoms with van der Waals surface area (Å²) < 4.78 is 104. The van der Waals surface area contributed by atoms with Gasteiger partial charge in [-0.2, -0.15) is 17.6 Å². The van der Waals surface area contributed by atoms with E-state index in [1.807, 2.05) is 0 Å². The number of methoxy groups -OCH3 is 1. The van der Waals surface area contributed by atoms with Crippen molar-refractivity contribution in [2.45, 2.75) is 42.7 Å². The Kier molecular flexibility index (Phi) is 6.66. The summed E-state index contributed by atoms with van der Waals surface area (Å²) in [6, 6.07) is 4.03. The van der Waals surface area contributed by atoms with Crippen LogP contribution >= 0.6 is 0 Å². The fourth-order valence-corrected chi connectivity index (χ4v) is 4.54. The SMILES string of the molecule is COc1c([C@@H]2[C@@H](C(=O)Nc3ccnc(S(C)(=O)=O)c3)O[C@](C)(C(F)(F)F)[C@@H]2C)ccc(F)c1F. The Morgan fingerprint density at radius 2 is 1.88 bits per heavy atom. The van der Waals surface area contributed by atoms with E-state index in [2.05, 4.69) is 10.3 Å². The van der Waals surface area contributed by atoms with Crippen LogP contribution in [0.25, 0.3) is 0 Å². The van der Waals surface area contributed by atoms with E-state index in [-0.39, 0.29) is 16.3 Å². The van der Waals surface area contributed by atoms with Gasteiger partial charge in [-0.05, 0) is 25.1 Å². The summed E-state index contributed by atoms with van der Waals surface area (Å²) in [4.78, 5) is 16.8. The number of halogens is 5. The molecule has 34 heavy (non-hydrogen) atoms. The Bertz CT molecular complexity index is 1220. The largest absolute Gasteiger partial charge is 0.493 e. The normalized spacial score (nSPS) is 25.3.